The van der Waals surface area contributed by atoms with E-state index < -0.39 is 0 Å². The third kappa shape index (κ3) is 10.9. The van der Waals surface area contributed by atoms with Crippen molar-refractivity contribution < 1.29 is 54.0 Å². The monoisotopic (exact) mass is 327 g/mol. The van der Waals surface area contributed by atoms with E-state index in [2.05, 4.69) is 34.6 Å². The van der Waals surface area contributed by atoms with Crippen LogP contribution < -0.4 is 40.1 Å². The Kier molecular flexibility index (Phi) is 14.3. The van der Waals surface area contributed by atoms with Gasteiger partial charge in [0.05, 0.1) is 25.6 Å². The zero-order valence-corrected chi connectivity index (χ0v) is 14.3. The molecule has 21 heavy (non-hydrogen) atoms. The van der Waals surface area contributed by atoms with Gasteiger partial charge in [-0.3, -0.25) is 5.04 Å². The summed E-state index contributed by atoms with van der Waals surface area (Å²) in [5, 5.41) is 24.1. The molecule has 0 saturated carbocycles. The van der Waals surface area contributed by atoms with Crippen molar-refractivity contribution >= 4 is 30.2 Å². The minimum Gasteiger partial charge on any atom is -0.691 e. The van der Waals surface area contributed by atoms with Crippen LogP contribution in [-0.4, -0.2) is 58.4 Å². The average molecular weight is 327 g/mol. The van der Waals surface area contributed by atoms with Gasteiger partial charge < -0.3 is 20.4 Å². The number of nitrogens with one attached hydrogen (secondary N) is 1. The van der Waals surface area contributed by atoms with E-state index in [0.717, 1.165) is 12.0 Å². The van der Waals surface area contributed by atoms with Crippen LogP contribution in [0.25, 0.3) is 0 Å². The number of aliphatic imine (C=N–C) groups is 1. The fourth-order valence-electron chi connectivity index (χ4n) is 1.03. The fourth-order valence-corrected chi connectivity index (χ4v) is 1.26. The van der Waals surface area contributed by atoms with Gasteiger partial charge in [0.25, 0.3) is 5.95 Å². The third-order valence-electron chi connectivity index (χ3n) is 1.75. The standard InChI is InChI=1S/C9H15N5O5S.Na/c15-3-5-17-4-1-10-8-12-7-13-9(14-8)11-2-6-20-19-18-16;/h2,7,15-16H,1,3-6H2,(H,10,12,13,14);/q;+1/p-1/b11-2-;. The number of aromatic nitrogens is 3. The Balaban J connectivity index is 0.00000400. The number of anilines is 1. The Hall–Kier alpha value is -0.370. The Morgan fingerprint density at radius 1 is 1.43 bits per heavy atom. The number of rotatable bonds is 11. The maximum absolute atomic E-state index is 9.52. The van der Waals surface area contributed by atoms with E-state index >= 15 is 0 Å². The zero-order valence-electron chi connectivity index (χ0n) is 11.5. The SMILES string of the molecule is [Na+].[O-]OOSC/C=N\c1ncnc(NCCOCCO)n1. The van der Waals surface area contributed by atoms with Crippen LogP contribution in [0.1, 0.15) is 0 Å². The first-order valence-electron chi connectivity index (χ1n) is 5.59. The summed E-state index contributed by atoms with van der Waals surface area (Å²) in [6.07, 6.45) is 2.79. The van der Waals surface area contributed by atoms with Crippen LogP contribution in [0, 0.1) is 0 Å². The van der Waals surface area contributed by atoms with E-state index in [0.29, 0.717) is 31.5 Å². The molecule has 0 amide bonds. The van der Waals surface area contributed by atoms with E-state index in [1.165, 1.54) is 12.5 Å². The van der Waals surface area contributed by atoms with Gasteiger partial charge in [-0.25, -0.2) is 9.98 Å². The van der Waals surface area contributed by atoms with Crippen LogP contribution in [-0.2, 0) is 14.1 Å². The summed E-state index contributed by atoms with van der Waals surface area (Å²) in [6.45, 7) is 1.21. The van der Waals surface area contributed by atoms with Gasteiger partial charge in [0.2, 0.25) is 5.95 Å². The van der Waals surface area contributed by atoms with Crippen molar-refractivity contribution in [3.05, 3.63) is 6.33 Å². The Morgan fingerprint density at radius 2 is 2.29 bits per heavy atom. The molecule has 0 radical (unpaired) electrons. The second kappa shape index (κ2) is 14.6. The van der Waals surface area contributed by atoms with Crippen molar-refractivity contribution in [3.63, 3.8) is 0 Å². The van der Waals surface area contributed by atoms with Crippen molar-refractivity contribution in [2.45, 2.75) is 0 Å². The van der Waals surface area contributed by atoms with Crippen molar-refractivity contribution in [2.75, 3.05) is 37.4 Å². The summed E-state index contributed by atoms with van der Waals surface area (Å²) in [6, 6.07) is 0. The second-order valence-corrected chi connectivity index (χ2v) is 3.81. The molecule has 0 aromatic carbocycles. The quantitative estimate of drug-likeness (QED) is 0.103. The first-order chi connectivity index (χ1) is 9.86. The van der Waals surface area contributed by atoms with Gasteiger partial charge in [-0.05, 0) is 0 Å². The van der Waals surface area contributed by atoms with Gasteiger partial charge in [0, 0.05) is 24.8 Å². The average Bonchev–Trinajstić information content (AvgIpc) is 2.47. The van der Waals surface area contributed by atoms with Crippen LogP contribution >= 0.6 is 12.0 Å². The molecule has 112 valence electrons. The predicted octanol–water partition coefficient (Wildman–Crippen LogP) is -4.13. The molecular weight excluding hydrogens is 313 g/mol. The number of hydrogen-bond donors (Lipinski definition) is 2. The van der Waals surface area contributed by atoms with Crippen molar-refractivity contribution in [1.82, 2.24) is 15.0 Å². The third-order valence-corrected chi connectivity index (χ3v) is 2.19. The van der Waals surface area contributed by atoms with Crippen LogP contribution in [0.4, 0.5) is 11.9 Å². The van der Waals surface area contributed by atoms with Gasteiger partial charge in [0.15, 0.2) is 0 Å². The maximum Gasteiger partial charge on any atom is 1.00 e. The smallest absolute Gasteiger partial charge is 0.691 e. The number of aliphatic hydroxyl groups is 1. The normalized spacial score (nSPS) is 10.6. The Bertz CT molecular complexity index is 403. The Labute approximate surface area is 147 Å². The molecule has 1 heterocycles. The molecule has 0 spiro atoms. The predicted molar refractivity (Wildman–Crippen MR) is 69.0 cm³/mol. The van der Waals surface area contributed by atoms with Crippen LogP contribution in [0.15, 0.2) is 11.3 Å². The molecule has 2 N–H and O–H groups in total. The molecular formula is C9H14N5NaO5S. The summed E-state index contributed by atoms with van der Waals surface area (Å²) >= 11 is 0.790. The molecule has 1 rings (SSSR count). The van der Waals surface area contributed by atoms with E-state index in [1.54, 1.807) is 0 Å². The van der Waals surface area contributed by atoms with Gasteiger partial charge >= 0.3 is 29.6 Å². The number of aliphatic hydroxyl groups excluding tert-OH is 1. The molecule has 0 atom stereocenters. The van der Waals surface area contributed by atoms with Crippen molar-refractivity contribution in [3.8, 4) is 0 Å². The maximum atomic E-state index is 9.52. The van der Waals surface area contributed by atoms with Gasteiger partial charge in [0.1, 0.15) is 6.33 Å². The molecule has 0 aliphatic carbocycles. The first kappa shape index (κ1) is 20.6. The zero-order chi connectivity index (χ0) is 14.5. The summed E-state index contributed by atoms with van der Waals surface area (Å²) in [4.78, 5) is 15.7. The van der Waals surface area contributed by atoms with E-state index in [1.807, 2.05) is 0 Å². The van der Waals surface area contributed by atoms with E-state index in [-0.39, 0.29) is 42.1 Å². The minimum absolute atomic E-state index is 0. The van der Waals surface area contributed by atoms with Crippen LogP contribution in [0.5, 0.6) is 0 Å². The molecule has 0 aliphatic rings. The summed E-state index contributed by atoms with van der Waals surface area (Å²) in [5.74, 6) is 0.903. The minimum atomic E-state index is -0.0102. The molecule has 10 nitrogen and oxygen atoms in total. The molecule has 0 fully saturated rings. The van der Waals surface area contributed by atoms with Crippen LogP contribution in [0.3, 0.4) is 0 Å². The van der Waals surface area contributed by atoms with Gasteiger partial charge in [-0.2, -0.15) is 14.3 Å². The second-order valence-electron chi connectivity index (χ2n) is 3.10. The largest absolute Gasteiger partial charge is 1.00 e. The summed E-state index contributed by atoms with van der Waals surface area (Å²) < 4.78 is 9.12. The van der Waals surface area contributed by atoms with E-state index in [9.17, 15) is 5.26 Å². The van der Waals surface area contributed by atoms with E-state index in [4.69, 9.17) is 9.84 Å². The fraction of sp³-hybridized carbons (Fsp3) is 0.556. The molecule has 0 aliphatic heterocycles. The molecule has 0 saturated heterocycles. The van der Waals surface area contributed by atoms with Gasteiger partial charge in [-0.1, -0.05) is 0 Å². The Morgan fingerprint density at radius 3 is 3.05 bits per heavy atom. The van der Waals surface area contributed by atoms with Crippen molar-refractivity contribution in [2.24, 2.45) is 4.99 Å². The molecule has 0 bridgehead atoms. The molecule has 0 unspecified atom stereocenters. The molecule has 12 heteroatoms. The number of nitrogens with zero attached hydrogens (tertiary/aromatic N) is 4. The van der Waals surface area contributed by atoms with Gasteiger partial charge in [-0.15, -0.1) is 0 Å². The van der Waals surface area contributed by atoms with Crippen LogP contribution in [0.2, 0.25) is 0 Å². The topological polar surface area (TPSA) is 134 Å². The molecule has 1 aromatic heterocycles. The summed E-state index contributed by atoms with van der Waals surface area (Å²) in [7, 11) is 0. The summed E-state index contributed by atoms with van der Waals surface area (Å²) in [5.41, 5.74) is 0. The van der Waals surface area contributed by atoms with Crippen molar-refractivity contribution in [1.29, 1.82) is 0 Å². The number of ether oxygens (including phenoxy) is 1. The number of hydrogen-bond acceptors (Lipinski definition) is 11. The first-order valence-corrected chi connectivity index (χ1v) is 6.50. The molecule has 1 aromatic rings.